The van der Waals surface area contributed by atoms with E-state index in [0.29, 0.717) is 5.56 Å². The number of H-pyrrole nitrogens is 1. The number of anilines is 1. The minimum atomic E-state index is -0.771. The maximum atomic E-state index is 13.2. The van der Waals surface area contributed by atoms with Gasteiger partial charge in [0.1, 0.15) is 0 Å². The van der Waals surface area contributed by atoms with Crippen LogP contribution in [0, 0.1) is 5.82 Å². The maximum Gasteiger partial charge on any atom is 0.295 e. The zero-order chi connectivity index (χ0) is 13.4. The summed E-state index contributed by atoms with van der Waals surface area (Å²) in [5, 5.41) is 18.9. The number of hydrogen-bond donors (Lipinski definition) is 3. The fourth-order valence-electron chi connectivity index (χ4n) is 1.45. The average Bonchev–Trinajstić information content (AvgIpc) is 3.01. The summed E-state index contributed by atoms with van der Waals surface area (Å²) in [7, 11) is 0. The van der Waals surface area contributed by atoms with Crippen molar-refractivity contribution in [2.75, 3.05) is 5.73 Å². The molecule has 2 aromatic heterocycles. The summed E-state index contributed by atoms with van der Waals surface area (Å²) in [6.45, 7) is 0. The van der Waals surface area contributed by atoms with E-state index in [1.165, 1.54) is 12.1 Å². The average molecular weight is 262 g/mol. The second kappa shape index (κ2) is 4.05. The zero-order valence-electron chi connectivity index (χ0n) is 9.33. The molecule has 2 heterocycles. The van der Waals surface area contributed by atoms with E-state index in [4.69, 9.17) is 15.4 Å². The number of nitrogens with zero attached hydrogens (tertiary/aromatic N) is 4. The van der Waals surface area contributed by atoms with Gasteiger partial charge in [-0.3, -0.25) is 5.10 Å². The van der Waals surface area contributed by atoms with Crippen LogP contribution in [0.3, 0.4) is 0 Å². The number of halogens is 1. The van der Waals surface area contributed by atoms with Gasteiger partial charge in [0, 0.05) is 5.56 Å². The third-order valence-electron chi connectivity index (χ3n) is 2.34. The van der Waals surface area contributed by atoms with Crippen molar-refractivity contribution in [3.63, 3.8) is 0 Å². The van der Waals surface area contributed by atoms with Crippen molar-refractivity contribution in [2.24, 2.45) is 0 Å². The Balaban J connectivity index is 1.98. The SMILES string of the molecule is Nc1n[nH]c(-c2nc(-c3ccc(O)c(F)c3)no2)n1. The predicted molar refractivity (Wildman–Crippen MR) is 61.1 cm³/mol. The number of rotatable bonds is 2. The zero-order valence-corrected chi connectivity index (χ0v) is 9.33. The number of benzene rings is 1. The molecule has 3 aromatic rings. The van der Waals surface area contributed by atoms with Gasteiger partial charge in [-0.15, -0.1) is 5.10 Å². The standard InChI is InChI=1S/C10H7FN6O2/c11-5-3-4(1-2-6(5)18)7-13-9(19-17-7)8-14-10(12)16-15-8/h1-3,18H,(H3,12,14,15,16). The van der Waals surface area contributed by atoms with Gasteiger partial charge >= 0.3 is 0 Å². The second-order valence-electron chi connectivity index (χ2n) is 3.63. The van der Waals surface area contributed by atoms with Crippen molar-refractivity contribution in [1.82, 2.24) is 25.3 Å². The largest absolute Gasteiger partial charge is 0.505 e. The highest BCUT2D eigenvalue weighted by atomic mass is 19.1. The molecule has 0 aliphatic carbocycles. The Kier molecular flexibility index (Phi) is 2.37. The van der Waals surface area contributed by atoms with Crippen molar-refractivity contribution in [3.8, 4) is 28.9 Å². The van der Waals surface area contributed by atoms with E-state index in [2.05, 4.69) is 25.3 Å². The molecule has 0 atom stereocenters. The molecule has 3 rings (SSSR count). The van der Waals surface area contributed by atoms with Crippen molar-refractivity contribution in [2.45, 2.75) is 0 Å². The fraction of sp³-hybridized carbons (Fsp3) is 0. The van der Waals surface area contributed by atoms with Crippen molar-refractivity contribution in [3.05, 3.63) is 24.0 Å². The lowest BCUT2D eigenvalue weighted by Gasteiger charge is -1.96. The van der Waals surface area contributed by atoms with E-state index in [0.717, 1.165) is 6.07 Å². The number of nitrogens with two attached hydrogens (primary N) is 1. The van der Waals surface area contributed by atoms with E-state index in [1.807, 2.05) is 0 Å². The summed E-state index contributed by atoms with van der Waals surface area (Å²) in [5.74, 6) is -0.722. The van der Waals surface area contributed by atoms with Crippen LogP contribution >= 0.6 is 0 Å². The molecule has 19 heavy (non-hydrogen) atoms. The van der Waals surface area contributed by atoms with Gasteiger partial charge in [-0.2, -0.15) is 9.97 Å². The van der Waals surface area contributed by atoms with E-state index in [-0.39, 0.29) is 23.5 Å². The molecule has 0 saturated heterocycles. The summed E-state index contributed by atoms with van der Waals surface area (Å²) < 4.78 is 18.2. The number of phenolic OH excluding ortho intramolecular Hbond substituents is 1. The minimum Gasteiger partial charge on any atom is -0.505 e. The number of phenols is 1. The van der Waals surface area contributed by atoms with Gasteiger partial charge in [0.25, 0.3) is 5.89 Å². The van der Waals surface area contributed by atoms with Gasteiger partial charge in [0.05, 0.1) is 0 Å². The second-order valence-corrected chi connectivity index (χ2v) is 3.63. The number of nitrogen functional groups attached to an aromatic ring is 1. The van der Waals surface area contributed by atoms with Gasteiger partial charge in [-0.05, 0) is 18.2 Å². The predicted octanol–water partition coefficient (Wildman–Crippen LogP) is 0.949. The first kappa shape index (κ1) is 11.1. The topological polar surface area (TPSA) is 127 Å². The first-order chi connectivity index (χ1) is 9.13. The summed E-state index contributed by atoms with van der Waals surface area (Å²) in [5.41, 5.74) is 5.71. The fourth-order valence-corrected chi connectivity index (χ4v) is 1.45. The summed E-state index contributed by atoms with van der Waals surface area (Å²) in [6.07, 6.45) is 0. The lowest BCUT2D eigenvalue weighted by Crippen LogP contribution is -1.86. The number of aromatic amines is 1. The maximum absolute atomic E-state index is 13.2. The molecule has 0 unspecified atom stereocenters. The van der Waals surface area contributed by atoms with Crippen LogP contribution in [0.1, 0.15) is 0 Å². The Morgan fingerprint density at radius 2 is 2.16 bits per heavy atom. The molecule has 4 N–H and O–H groups in total. The molecule has 0 fully saturated rings. The van der Waals surface area contributed by atoms with E-state index >= 15 is 0 Å². The van der Waals surface area contributed by atoms with Crippen LogP contribution in [0.4, 0.5) is 10.3 Å². The Hall–Kier alpha value is -2.97. The highest BCUT2D eigenvalue weighted by Crippen LogP contribution is 2.24. The molecule has 0 bridgehead atoms. The molecule has 0 saturated carbocycles. The number of nitrogens with one attached hydrogen (secondary N) is 1. The molecular formula is C10H7FN6O2. The molecule has 0 amide bonds. The number of hydrogen-bond acceptors (Lipinski definition) is 7. The molecule has 0 aliphatic rings. The van der Waals surface area contributed by atoms with Crippen molar-refractivity contribution < 1.29 is 14.0 Å². The quantitative estimate of drug-likeness (QED) is 0.627. The van der Waals surface area contributed by atoms with Crippen molar-refractivity contribution in [1.29, 1.82) is 0 Å². The van der Waals surface area contributed by atoms with Crippen LogP contribution in [0.2, 0.25) is 0 Å². The normalized spacial score (nSPS) is 10.8. The molecule has 96 valence electrons. The van der Waals surface area contributed by atoms with Gasteiger partial charge in [0.15, 0.2) is 11.6 Å². The van der Waals surface area contributed by atoms with Crippen LogP contribution in [-0.2, 0) is 0 Å². The molecule has 0 radical (unpaired) electrons. The molecule has 8 nitrogen and oxygen atoms in total. The molecule has 0 aliphatic heterocycles. The number of aromatic hydroxyl groups is 1. The highest BCUT2D eigenvalue weighted by Gasteiger charge is 2.15. The first-order valence-corrected chi connectivity index (χ1v) is 5.14. The van der Waals surface area contributed by atoms with Gasteiger partial charge < -0.3 is 15.4 Å². The van der Waals surface area contributed by atoms with E-state index < -0.39 is 11.6 Å². The molecule has 9 heteroatoms. The Morgan fingerprint density at radius 1 is 1.32 bits per heavy atom. The molecule has 0 spiro atoms. The summed E-state index contributed by atoms with van der Waals surface area (Å²) >= 11 is 0. The number of aromatic nitrogens is 5. The monoisotopic (exact) mass is 262 g/mol. The Labute approximate surface area is 105 Å². The lowest BCUT2D eigenvalue weighted by atomic mass is 10.2. The van der Waals surface area contributed by atoms with Crippen LogP contribution < -0.4 is 5.73 Å². The minimum absolute atomic E-state index is 0.0467. The summed E-state index contributed by atoms with van der Waals surface area (Å²) in [4.78, 5) is 7.84. The van der Waals surface area contributed by atoms with Crippen LogP contribution in [0.25, 0.3) is 23.1 Å². The van der Waals surface area contributed by atoms with Crippen LogP contribution in [0.15, 0.2) is 22.7 Å². The van der Waals surface area contributed by atoms with E-state index in [9.17, 15) is 4.39 Å². The Morgan fingerprint density at radius 3 is 2.84 bits per heavy atom. The van der Waals surface area contributed by atoms with Gasteiger partial charge in [-0.1, -0.05) is 5.16 Å². The third-order valence-corrected chi connectivity index (χ3v) is 2.34. The smallest absolute Gasteiger partial charge is 0.295 e. The van der Waals surface area contributed by atoms with Crippen LogP contribution in [0.5, 0.6) is 5.75 Å². The van der Waals surface area contributed by atoms with Gasteiger partial charge in [-0.25, -0.2) is 4.39 Å². The third kappa shape index (κ3) is 1.97. The van der Waals surface area contributed by atoms with Crippen molar-refractivity contribution >= 4 is 5.95 Å². The lowest BCUT2D eigenvalue weighted by molar-refractivity contribution is 0.428. The van der Waals surface area contributed by atoms with Gasteiger partial charge in [0.2, 0.25) is 17.6 Å². The highest BCUT2D eigenvalue weighted by molar-refractivity contribution is 5.58. The van der Waals surface area contributed by atoms with Crippen LogP contribution in [-0.4, -0.2) is 30.4 Å². The molecule has 1 aromatic carbocycles. The summed E-state index contributed by atoms with van der Waals surface area (Å²) in [6, 6.07) is 3.76. The Bertz CT molecular complexity index is 737. The molecular weight excluding hydrogens is 255 g/mol. The first-order valence-electron chi connectivity index (χ1n) is 5.14. The van der Waals surface area contributed by atoms with E-state index in [1.54, 1.807) is 0 Å².